The predicted octanol–water partition coefficient (Wildman–Crippen LogP) is 5.27. The topological polar surface area (TPSA) is 75.9 Å². The zero-order valence-electron chi connectivity index (χ0n) is 20.4. The van der Waals surface area contributed by atoms with Gasteiger partial charge in [-0.2, -0.15) is 0 Å². The monoisotopic (exact) mass is 492 g/mol. The van der Waals surface area contributed by atoms with Gasteiger partial charge in [-0.05, 0) is 68.1 Å². The highest BCUT2D eigenvalue weighted by molar-refractivity contribution is 7.22. The van der Waals surface area contributed by atoms with E-state index in [0.29, 0.717) is 22.0 Å². The van der Waals surface area contributed by atoms with E-state index in [4.69, 9.17) is 0 Å². The van der Waals surface area contributed by atoms with Crippen molar-refractivity contribution in [3.05, 3.63) is 64.1 Å². The maximum atomic E-state index is 14.8. The molecule has 0 aromatic carbocycles. The summed E-state index contributed by atoms with van der Waals surface area (Å²) in [6.07, 6.45) is 7.18. The fourth-order valence-electron chi connectivity index (χ4n) is 4.59. The highest BCUT2D eigenvalue weighted by Gasteiger charge is 2.20. The van der Waals surface area contributed by atoms with E-state index in [-0.39, 0.29) is 23.1 Å². The van der Waals surface area contributed by atoms with E-state index in [9.17, 15) is 9.18 Å². The number of aryl methyl sites for hydroxylation is 1. The molecule has 0 aliphatic carbocycles. The number of rotatable bonds is 5. The van der Waals surface area contributed by atoms with Crippen molar-refractivity contribution in [2.75, 3.05) is 25.5 Å². The molecule has 4 aromatic rings. The summed E-state index contributed by atoms with van der Waals surface area (Å²) in [5.41, 5.74) is 2.36. The molecule has 182 valence electrons. The zero-order chi connectivity index (χ0) is 24.7. The lowest BCUT2D eigenvalue weighted by molar-refractivity contribution is 0.255. The summed E-state index contributed by atoms with van der Waals surface area (Å²) < 4.78 is 17.3. The Morgan fingerprint density at radius 1 is 1.14 bits per heavy atom. The highest BCUT2D eigenvalue weighted by Crippen LogP contribution is 2.36. The van der Waals surface area contributed by atoms with Crippen molar-refractivity contribution >= 4 is 33.2 Å². The first-order valence-corrected chi connectivity index (χ1v) is 12.7. The largest absolute Gasteiger partial charge is 0.318 e. The van der Waals surface area contributed by atoms with E-state index in [0.717, 1.165) is 42.4 Å². The Bertz CT molecular complexity index is 1420. The van der Waals surface area contributed by atoms with Crippen LogP contribution in [-0.4, -0.2) is 44.6 Å². The van der Waals surface area contributed by atoms with Gasteiger partial charge in [0.25, 0.3) is 5.56 Å². The Labute approximate surface area is 207 Å². The first-order valence-electron chi connectivity index (χ1n) is 11.9. The molecule has 1 N–H and O–H groups in total. The van der Waals surface area contributed by atoms with Gasteiger partial charge in [-0.25, -0.2) is 19.3 Å². The molecule has 0 bridgehead atoms. The van der Waals surface area contributed by atoms with Crippen molar-refractivity contribution < 1.29 is 4.39 Å². The summed E-state index contributed by atoms with van der Waals surface area (Å²) in [6, 6.07) is 5.74. The fraction of sp³-hybridized carbons (Fsp3) is 0.385. The van der Waals surface area contributed by atoms with Gasteiger partial charge in [0.2, 0.25) is 5.95 Å². The number of anilines is 2. The zero-order valence-corrected chi connectivity index (χ0v) is 21.2. The van der Waals surface area contributed by atoms with Gasteiger partial charge in [0.15, 0.2) is 5.82 Å². The Morgan fingerprint density at radius 2 is 1.91 bits per heavy atom. The normalized spacial score (nSPS) is 15.3. The molecule has 35 heavy (non-hydrogen) atoms. The van der Waals surface area contributed by atoms with Crippen molar-refractivity contribution in [1.29, 1.82) is 0 Å². The summed E-state index contributed by atoms with van der Waals surface area (Å²) in [5.74, 6) is 1.09. The SMILES string of the molecule is CC(C)c1cn(C)c(=O)c2cc(-c3nc(Nc4ccc(C5CCN(C)CC5)cn4)ncc3F)sc12. The van der Waals surface area contributed by atoms with Crippen LogP contribution in [0, 0.1) is 5.82 Å². The second kappa shape index (κ2) is 9.47. The molecule has 9 heteroatoms. The molecular weight excluding hydrogens is 463 g/mol. The molecule has 1 fully saturated rings. The summed E-state index contributed by atoms with van der Waals surface area (Å²) in [5, 5.41) is 3.67. The van der Waals surface area contributed by atoms with E-state index in [1.54, 1.807) is 17.7 Å². The predicted molar refractivity (Wildman–Crippen MR) is 139 cm³/mol. The highest BCUT2D eigenvalue weighted by atomic mass is 32.1. The molecule has 0 radical (unpaired) electrons. The van der Waals surface area contributed by atoms with E-state index >= 15 is 0 Å². The van der Waals surface area contributed by atoms with Crippen LogP contribution in [0.4, 0.5) is 16.2 Å². The number of nitrogens with zero attached hydrogens (tertiary/aromatic N) is 5. The molecule has 1 saturated heterocycles. The van der Waals surface area contributed by atoms with Crippen LogP contribution in [0.25, 0.3) is 20.7 Å². The lowest BCUT2D eigenvalue weighted by atomic mass is 9.91. The smallest absolute Gasteiger partial charge is 0.259 e. The third-order valence-electron chi connectivity index (χ3n) is 6.69. The third-order valence-corrected chi connectivity index (χ3v) is 7.88. The minimum Gasteiger partial charge on any atom is -0.318 e. The van der Waals surface area contributed by atoms with Crippen LogP contribution in [0.15, 0.2) is 41.6 Å². The van der Waals surface area contributed by atoms with Crippen LogP contribution in [0.1, 0.15) is 49.7 Å². The number of thiophene rings is 1. The Morgan fingerprint density at radius 3 is 2.60 bits per heavy atom. The first-order chi connectivity index (χ1) is 16.8. The van der Waals surface area contributed by atoms with E-state index in [1.165, 1.54) is 16.9 Å². The molecule has 1 aliphatic rings. The number of likely N-dealkylation sites (tertiary alicyclic amines) is 1. The van der Waals surface area contributed by atoms with E-state index < -0.39 is 5.82 Å². The number of hydrogen-bond donors (Lipinski definition) is 1. The lowest BCUT2D eigenvalue weighted by Gasteiger charge is -2.29. The van der Waals surface area contributed by atoms with Gasteiger partial charge in [-0.15, -0.1) is 11.3 Å². The maximum absolute atomic E-state index is 14.8. The van der Waals surface area contributed by atoms with Crippen LogP contribution >= 0.6 is 11.3 Å². The quantitative estimate of drug-likeness (QED) is 0.409. The molecule has 0 unspecified atom stereocenters. The number of aromatic nitrogens is 4. The summed E-state index contributed by atoms with van der Waals surface area (Å²) in [7, 11) is 3.89. The van der Waals surface area contributed by atoms with Crippen molar-refractivity contribution in [2.45, 2.75) is 38.5 Å². The fourth-order valence-corrected chi connectivity index (χ4v) is 5.88. The van der Waals surface area contributed by atoms with E-state index in [1.807, 2.05) is 18.5 Å². The van der Waals surface area contributed by atoms with Gasteiger partial charge in [0.05, 0.1) is 16.5 Å². The van der Waals surface area contributed by atoms with E-state index in [2.05, 4.69) is 52.1 Å². The number of hydrogen-bond acceptors (Lipinski definition) is 7. The average Bonchev–Trinajstić information content (AvgIpc) is 3.29. The Hall–Kier alpha value is -3.17. The minimum absolute atomic E-state index is 0.103. The minimum atomic E-state index is -0.532. The molecule has 4 aromatic heterocycles. The molecule has 0 spiro atoms. The number of fused-ring (bicyclic) bond motifs is 1. The lowest BCUT2D eigenvalue weighted by Crippen LogP contribution is -2.29. The van der Waals surface area contributed by atoms with Gasteiger partial charge in [-0.1, -0.05) is 19.9 Å². The molecular formula is C26H29FN6OS. The van der Waals surface area contributed by atoms with Crippen molar-refractivity contribution in [2.24, 2.45) is 7.05 Å². The van der Waals surface area contributed by atoms with Gasteiger partial charge in [0, 0.05) is 24.1 Å². The van der Waals surface area contributed by atoms with Gasteiger partial charge in [0.1, 0.15) is 11.5 Å². The number of halogens is 1. The van der Waals surface area contributed by atoms with Crippen LogP contribution in [0.2, 0.25) is 0 Å². The molecule has 7 nitrogen and oxygen atoms in total. The average molecular weight is 493 g/mol. The van der Waals surface area contributed by atoms with Crippen molar-refractivity contribution in [3.63, 3.8) is 0 Å². The second-order valence-electron chi connectivity index (χ2n) is 9.58. The Kier molecular flexibility index (Phi) is 6.37. The molecule has 0 amide bonds. The van der Waals surface area contributed by atoms with Gasteiger partial charge < -0.3 is 14.8 Å². The molecule has 5 rings (SSSR count). The number of piperidine rings is 1. The molecule has 0 saturated carbocycles. The third kappa shape index (κ3) is 4.70. The standard InChI is InChI=1S/C26H29FN6OS/c1-15(2)19-14-33(4)25(34)18-11-21(35-24(18)19)23-20(27)13-29-26(31-23)30-22-6-5-17(12-28-22)16-7-9-32(3)10-8-16/h5-6,11-16H,7-10H2,1-4H3,(H,28,29,30,31). The van der Waals surface area contributed by atoms with Crippen molar-refractivity contribution in [3.8, 4) is 10.6 Å². The van der Waals surface area contributed by atoms with Gasteiger partial charge >= 0.3 is 0 Å². The van der Waals surface area contributed by atoms with Crippen molar-refractivity contribution in [1.82, 2.24) is 24.4 Å². The van der Waals surface area contributed by atoms with Crippen LogP contribution < -0.4 is 10.9 Å². The molecule has 5 heterocycles. The Balaban J connectivity index is 1.43. The maximum Gasteiger partial charge on any atom is 0.259 e. The number of nitrogens with one attached hydrogen (secondary N) is 1. The molecule has 0 atom stereocenters. The van der Waals surface area contributed by atoms with Gasteiger partial charge in [-0.3, -0.25) is 4.79 Å². The second-order valence-corrected chi connectivity index (χ2v) is 10.6. The van der Waals surface area contributed by atoms with Crippen LogP contribution in [0.5, 0.6) is 0 Å². The summed E-state index contributed by atoms with van der Waals surface area (Å²) >= 11 is 1.38. The molecule has 1 aliphatic heterocycles. The van der Waals surface area contributed by atoms with Crippen LogP contribution in [-0.2, 0) is 7.05 Å². The first kappa shape index (κ1) is 23.6. The van der Waals surface area contributed by atoms with Crippen LogP contribution in [0.3, 0.4) is 0 Å². The summed E-state index contributed by atoms with van der Waals surface area (Å²) in [4.78, 5) is 28.8. The number of pyridine rings is 2. The summed E-state index contributed by atoms with van der Waals surface area (Å²) in [6.45, 7) is 6.35.